The zero-order chi connectivity index (χ0) is 28.0. The maximum absolute atomic E-state index is 13.6. The number of carboxylic acids is 1. The summed E-state index contributed by atoms with van der Waals surface area (Å²) in [5, 5.41) is 14.4. The summed E-state index contributed by atoms with van der Waals surface area (Å²) in [4.78, 5) is 41.3. The van der Waals surface area contributed by atoms with E-state index in [0.717, 1.165) is 15.3 Å². The lowest BCUT2D eigenvalue weighted by molar-refractivity contribution is -0.139. The lowest BCUT2D eigenvalue weighted by atomic mass is 9.91. The monoisotopic (exact) mass is 545 g/mol. The Morgan fingerprint density at radius 1 is 0.897 bits per heavy atom. The Labute approximate surface area is 230 Å². The number of carbonyl (C=O) groups excluding carboxylic acids is 2. The smallest absolute Gasteiger partial charge is 0.330 e. The molecular weight excluding hydrogens is 510 g/mol. The summed E-state index contributed by atoms with van der Waals surface area (Å²) in [5.74, 6) is -1.20. The molecule has 1 heterocycles. The SMILES string of the molecule is CC(C)(C)CC(O[SiH](c1ccccc1)c1ccccc1)N1CCN(C(=O)NC(C(=O)O)c2ccccc2)C1=O. The van der Waals surface area contributed by atoms with Crippen LogP contribution in [0.1, 0.15) is 38.8 Å². The molecule has 0 aromatic heterocycles. The van der Waals surface area contributed by atoms with E-state index in [1.807, 2.05) is 36.4 Å². The Morgan fingerprint density at radius 2 is 1.41 bits per heavy atom. The molecular formula is C30H35N3O5Si. The number of hydrogen-bond donors (Lipinski definition) is 2. The molecule has 2 atom stereocenters. The van der Waals surface area contributed by atoms with Gasteiger partial charge in [-0.1, -0.05) is 112 Å². The van der Waals surface area contributed by atoms with Crippen molar-refractivity contribution < 1.29 is 23.9 Å². The number of benzene rings is 3. The van der Waals surface area contributed by atoms with Crippen molar-refractivity contribution in [3.8, 4) is 0 Å². The molecule has 2 unspecified atom stereocenters. The van der Waals surface area contributed by atoms with Crippen LogP contribution < -0.4 is 15.7 Å². The molecule has 8 nitrogen and oxygen atoms in total. The van der Waals surface area contributed by atoms with Crippen molar-refractivity contribution in [3.63, 3.8) is 0 Å². The summed E-state index contributed by atoms with van der Waals surface area (Å²) in [6, 6.07) is 26.0. The molecule has 4 amide bonds. The summed E-state index contributed by atoms with van der Waals surface area (Å²) in [6.07, 6.45) is 0.0100. The van der Waals surface area contributed by atoms with Gasteiger partial charge in [-0.25, -0.2) is 19.3 Å². The van der Waals surface area contributed by atoms with Crippen LogP contribution in [0, 0.1) is 5.41 Å². The first-order valence-electron chi connectivity index (χ1n) is 13.1. The van der Waals surface area contributed by atoms with Gasteiger partial charge in [0.1, 0.15) is 6.23 Å². The molecule has 0 radical (unpaired) electrons. The third-order valence-corrected chi connectivity index (χ3v) is 9.13. The Hall–Kier alpha value is -3.95. The first-order valence-corrected chi connectivity index (χ1v) is 14.7. The van der Waals surface area contributed by atoms with Crippen LogP contribution in [0.2, 0.25) is 0 Å². The van der Waals surface area contributed by atoms with E-state index >= 15 is 0 Å². The van der Waals surface area contributed by atoms with Gasteiger partial charge in [-0.15, -0.1) is 0 Å². The molecule has 0 saturated carbocycles. The Morgan fingerprint density at radius 3 is 1.90 bits per heavy atom. The molecule has 0 bridgehead atoms. The van der Waals surface area contributed by atoms with Gasteiger partial charge in [0.15, 0.2) is 6.04 Å². The van der Waals surface area contributed by atoms with E-state index in [4.69, 9.17) is 4.43 Å². The van der Waals surface area contributed by atoms with Crippen LogP contribution in [0.3, 0.4) is 0 Å². The van der Waals surface area contributed by atoms with Gasteiger partial charge in [-0.05, 0) is 27.8 Å². The van der Waals surface area contributed by atoms with Crippen LogP contribution in [0.4, 0.5) is 9.59 Å². The number of carbonyl (C=O) groups is 3. The maximum atomic E-state index is 13.6. The third-order valence-electron chi connectivity index (χ3n) is 6.57. The fourth-order valence-corrected chi connectivity index (χ4v) is 7.06. The Kier molecular flexibility index (Phi) is 8.83. The van der Waals surface area contributed by atoms with Crippen molar-refractivity contribution in [3.05, 3.63) is 96.6 Å². The summed E-state index contributed by atoms with van der Waals surface area (Å²) in [5.41, 5.74) is 0.268. The average molecular weight is 546 g/mol. The van der Waals surface area contributed by atoms with Crippen LogP contribution in [0.15, 0.2) is 91.0 Å². The van der Waals surface area contributed by atoms with Crippen LogP contribution in [0.5, 0.6) is 0 Å². The fourth-order valence-electron chi connectivity index (χ4n) is 4.66. The van der Waals surface area contributed by atoms with E-state index in [1.165, 1.54) is 0 Å². The zero-order valence-electron chi connectivity index (χ0n) is 22.5. The van der Waals surface area contributed by atoms with E-state index in [9.17, 15) is 19.5 Å². The Balaban J connectivity index is 1.57. The molecule has 1 saturated heterocycles. The van der Waals surface area contributed by atoms with Crippen LogP contribution in [-0.4, -0.2) is 61.3 Å². The van der Waals surface area contributed by atoms with Crippen molar-refractivity contribution >= 4 is 37.4 Å². The lowest BCUT2D eigenvalue weighted by Gasteiger charge is -2.35. The number of nitrogens with one attached hydrogen (secondary N) is 1. The van der Waals surface area contributed by atoms with Gasteiger partial charge < -0.3 is 14.8 Å². The predicted octanol–water partition coefficient (Wildman–Crippen LogP) is 3.58. The van der Waals surface area contributed by atoms with Crippen molar-refractivity contribution in [1.82, 2.24) is 15.1 Å². The summed E-state index contributed by atoms with van der Waals surface area (Å²) in [6.45, 7) is 6.70. The van der Waals surface area contributed by atoms with Crippen molar-refractivity contribution in [2.75, 3.05) is 13.1 Å². The fraction of sp³-hybridized carbons (Fsp3) is 0.300. The van der Waals surface area contributed by atoms with Gasteiger partial charge in [0.25, 0.3) is 0 Å². The number of nitrogens with zero attached hydrogens (tertiary/aromatic N) is 2. The number of imide groups is 1. The van der Waals surface area contributed by atoms with Gasteiger partial charge in [-0.2, -0.15) is 0 Å². The summed E-state index contributed by atoms with van der Waals surface area (Å²) in [7, 11) is -2.19. The molecule has 0 spiro atoms. The quantitative estimate of drug-likeness (QED) is 0.401. The standard InChI is InChI=1S/C30H35N3O5Si/c1-30(2,3)21-25(38-39(23-15-9-5-10-16-23)24-17-11-6-12-18-24)32-19-20-33(29(32)37)28(36)31-26(27(34)35)22-13-7-4-8-14-22/h4-18,25-26,39H,19-21H2,1-3H3,(H,31,36)(H,34,35). The second-order valence-corrected chi connectivity index (χ2v) is 13.2. The maximum Gasteiger partial charge on any atom is 0.330 e. The molecule has 4 rings (SSSR count). The van der Waals surface area contributed by atoms with Gasteiger partial charge in [0.2, 0.25) is 9.04 Å². The normalized spacial score (nSPS) is 15.3. The van der Waals surface area contributed by atoms with Crippen molar-refractivity contribution in [2.24, 2.45) is 5.41 Å². The van der Waals surface area contributed by atoms with E-state index in [2.05, 4.69) is 50.4 Å². The highest BCUT2D eigenvalue weighted by molar-refractivity contribution is 6.80. The van der Waals surface area contributed by atoms with Gasteiger partial charge in [-0.3, -0.25) is 4.90 Å². The zero-order valence-corrected chi connectivity index (χ0v) is 23.6. The summed E-state index contributed by atoms with van der Waals surface area (Å²) >= 11 is 0. The molecule has 204 valence electrons. The topological polar surface area (TPSA) is 99.2 Å². The molecule has 1 aliphatic heterocycles. The van der Waals surface area contributed by atoms with Crippen molar-refractivity contribution in [2.45, 2.75) is 39.5 Å². The summed E-state index contributed by atoms with van der Waals surface area (Å²) < 4.78 is 6.86. The molecule has 9 heteroatoms. The van der Waals surface area contributed by atoms with Crippen molar-refractivity contribution in [1.29, 1.82) is 0 Å². The van der Waals surface area contributed by atoms with Crippen LogP contribution in [-0.2, 0) is 9.22 Å². The average Bonchev–Trinajstić information content (AvgIpc) is 3.31. The number of urea groups is 2. The van der Waals surface area contributed by atoms with E-state index in [1.54, 1.807) is 35.2 Å². The number of hydrogen-bond acceptors (Lipinski definition) is 4. The highest BCUT2D eigenvalue weighted by Crippen LogP contribution is 2.27. The number of aliphatic carboxylic acids is 1. The van der Waals surface area contributed by atoms with E-state index < -0.39 is 39.3 Å². The predicted molar refractivity (Wildman–Crippen MR) is 152 cm³/mol. The molecule has 3 aromatic carbocycles. The number of amides is 4. The van der Waals surface area contributed by atoms with Crippen LogP contribution >= 0.6 is 0 Å². The minimum Gasteiger partial charge on any atom is -0.479 e. The van der Waals surface area contributed by atoms with E-state index in [-0.39, 0.29) is 12.0 Å². The minimum atomic E-state index is -2.19. The molecule has 1 aliphatic rings. The molecule has 39 heavy (non-hydrogen) atoms. The van der Waals surface area contributed by atoms with E-state index in [0.29, 0.717) is 18.5 Å². The Bertz CT molecular complexity index is 1230. The number of rotatable bonds is 9. The van der Waals surface area contributed by atoms with Gasteiger partial charge in [0.05, 0.1) is 6.54 Å². The second-order valence-electron chi connectivity index (χ2n) is 10.8. The second kappa shape index (κ2) is 12.3. The highest BCUT2D eigenvalue weighted by atomic mass is 28.3. The molecule has 2 N–H and O–H groups in total. The first-order chi connectivity index (χ1) is 18.6. The number of carboxylic acid groups (broad SMARTS) is 1. The third kappa shape index (κ3) is 7.13. The highest BCUT2D eigenvalue weighted by Gasteiger charge is 2.41. The minimum absolute atomic E-state index is 0.138. The molecule has 3 aromatic rings. The lowest BCUT2D eigenvalue weighted by Crippen LogP contribution is -2.53. The molecule has 0 aliphatic carbocycles. The molecule has 1 fully saturated rings. The van der Waals surface area contributed by atoms with Gasteiger partial charge >= 0.3 is 18.0 Å². The largest absolute Gasteiger partial charge is 0.479 e. The van der Waals surface area contributed by atoms with Gasteiger partial charge in [0, 0.05) is 6.54 Å². The first kappa shape index (κ1) is 28.1. The van der Waals surface area contributed by atoms with Crippen LogP contribution in [0.25, 0.3) is 0 Å².